The molecule has 0 spiro atoms. The van der Waals surface area contributed by atoms with Crippen LogP contribution in [0.2, 0.25) is 10.0 Å². The Morgan fingerprint density at radius 1 is 1.22 bits per heavy atom. The first kappa shape index (κ1) is 18.0. The topological polar surface area (TPSA) is 38.3 Å². The number of thioether (sulfide) groups is 1. The Labute approximate surface area is 150 Å². The van der Waals surface area contributed by atoms with Crippen molar-refractivity contribution in [3.8, 4) is 5.75 Å². The molecule has 0 aliphatic carbocycles. The fraction of sp³-hybridized carbons (Fsp3) is 0.235. The van der Waals surface area contributed by atoms with Gasteiger partial charge in [0.05, 0.1) is 23.6 Å². The number of ether oxygens (including phenoxy) is 1. The molecule has 0 heterocycles. The Kier molecular flexibility index (Phi) is 6.63. The molecule has 23 heavy (non-hydrogen) atoms. The fourth-order valence-electron chi connectivity index (χ4n) is 2.05. The van der Waals surface area contributed by atoms with Crippen LogP contribution in [-0.4, -0.2) is 18.8 Å². The van der Waals surface area contributed by atoms with E-state index in [4.69, 9.17) is 27.9 Å². The molecule has 0 saturated carbocycles. The molecule has 0 saturated heterocycles. The third-order valence-corrected chi connectivity index (χ3v) is 4.68. The number of carbonyl (C=O) groups excluding carboxylic acids is 1. The van der Waals surface area contributed by atoms with Gasteiger partial charge in [0.2, 0.25) is 5.91 Å². The van der Waals surface area contributed by atoms with Crippen LogP contribution in [-0.2, 0) is 10.5 Å². The lowest BCUT2D eigenvalue weighted by atomic mass is 10.1. The zero-order chi connectivity index (χ0) is 16.8. The quantitative estimate of drug-likeness (QED) is 0.761. The molecular formula is C17H17Cl2NO2S. The summed E-state index contributed by atoms with van der Waals surface area (Å²) in [5, 5.41) is 3.77. The van der Waals surface area contributed by atoms with Gasteiger partial charge in [-0.25, -0.2) is 0 Å². The molecule has 0 fully saturated rings. The number of rotatable bonds is 6. The van der Waals surface area contributed by atoms with Crippen LogP contribution in [0.3, 0.4) is 0 Å². The highest BCUT2D eigenvalue weighted by Gasteiger charge is 2.09. The van der Waals surface area contributed by atoms with E-state index >= 15 is 0 Å². The van der Waals surface area contributed by atoms with Gasteiger partial charge in [-0.2, -0.15) is 0 Å². The average Bonchev–Trinajstić information content (AvgIpc) is 2.51. The zero-order valence-electron chi connectivity index (χ0n) is 12.9. The van der Waals surface area contributed by atoms with Crippen molar-refractivity contribution in [3.63, 3.8) is 0 Å². The van der Waals surface area contributed by atoms with Crippen LogP contribution in [0.25, 0.3) is 0 Å². The van der Waals surface area contributed by atoms with Crippen molar-refractivity contribution >= 4 is 46.6 Å². The van der Waals surface area contributed by atoms with Crippen LogP contribution in [0.5, 0.6) is 5.75 Å². The van der Waals surface area contributed by atoms with Crippen molar-refractivity contribution in [1.82, 2.24) is 0 Å². The lowest BCUT2D eigenvalue weighted by Gasteiger charge is -2.10. The first-order valence-electron chi connectivity index (χ1n) is 6.95. The second-order valence-electron chi connectivity index (χ2n) is 4.98. The molecule has 0 radical (unpaired) electrons. The second kappa shape index (κ2) is 8.48. The van der Waals surface area contributed by atoms with Gasteiger partial charge in [-0.1, -0.05) is 40.9 Å². The molecule has 2 rings (SSSR count). The summed E-state index contributed by atoms with van der Waals surface area (Å²) in [6, 6.07) is 11.0. The minimum absolute atomic E-state index is 0.120. The molecule has 2 aromatic rings. The normalized spacial score (nSPS) is 10.4. The number of carbonyl (C=O) groups is 1. The highest BCUT2D eigenvalue weighted by molar-refractivity contribution is 7.99. The largest absolute Gasteiger partial charge is 0.496 e. The molecule has 0 aliphatic heterocycles. The lowest BCUT2D eigenvalue weighted by Crippen LogP contribution is -2.14. The van der Waals surface area contributed by atoms with E-state index < -0.39 is 0 Å². The minimum atomic E-state index is -0.120. The molecule has 0 aliphatic rings. The molecule has 3 nitrogen and oxygen atoms in total. The van der Waals surface area contributed by atoms with Crippen LogP contribution < -0.4 is 10.1 Å². The number of anilines is 1. The summed E-state index contributed by atoms with van der Waals surface area (Å²) >= 11 is 13.4. The number of halogens is 2. The van der Waals surface area contributed by atoms with Crippen molar-refractivity contribution < 1.29 is 9.53 Å². The predicted molar refractivity (Wildman–Crippen MR) is 99.0 cm³/mol. The first-order valence-corrected chi connectivity index (χ1v) is 8.87. The van der Waals surface area contributed by atoms with Crippen molar-refractivity contribution in [2.45, 2.75) is 12.7 Å². The second-order valence-corrected chi connectivity index (χ2v) is 6.81. The van der Waals surface area contributed by atoms with E-state index in [0.717, 1.165) is 16.9 Å². The third-order valence-electron chi connectivity index (χ3n) is 3.13. The number of benzene rings is 2. The Bertz CT molecular complexity index is 707. The first-order chi connectivity index (χ1) is 11.0. The lowest BCUT2D eigenvalue weighted by molar-refractivity contribution is -0.113. The summed E-state index contributed by atoms with van der Waals surface area (Å²) in [7, 11) is 1.65. The maximum Gasteiger partial charge on any atom is 0.234 e. The van der Waals surface area contributed by atoms with Gasteiger partial charge in [-0.05, 0) is 31.2 Å². The van der Waals surface area contributed by atoms with E-state index in [1.54, 1.807) is 25.3 Å². The zero-order valence-corrected chi connectivity index (χ0v) is 15.2. The van der Waals surface area contributed by atoms with Crippen molar-refractivity contribution in [2.24, 2.45) is 0 Å². The molecule has 1 N–H and O–H groups in total. The average molecular weight is 370 g/mol. The number of hydrogen-bond donors (Lipinski definition) is 1. The van der Waals surface area contributed by atoms with Crippen LogP contribution in [0, 0.1) is 6.92 Å². The van der Waals surface area contributed by atoms with Gasteiger partial charge in [-0.3, -0.25) is 4.79 Å². The Balaban J connectivity index is 1.90. The highest BCUT2D eigenvalue weighted by atomic mass is 35.5. The van der Waals surface area contributed by atoms with Crippen LogP contribution >= 0.6 is 35.0 Å². The van der Waals surface area contributed by atoms with Gasteiger partial charge in [0.25, 0.3) is 0 Å². The SMILES string of the molecule is COc1ccc(C)cc1CSCC(=O)Nc1cc(Cl)ccc1Cl. The standard InChI is InChI=1S/C17H17Cl2NO2S/c1-11-3-6-16(22-2)12(7-11)9-23-10-17(21)20-15-8-13(18)4-5-14(15)19/h3-8H,9-10H2,1-2H3,(H,20,21). The summed E-state index contributed by atoms with van der Waals surface area (Å²) < 4.78 is 5.34. The van der Waals surface area contributed by atoms with Gasteiger partial charge in [0, 0.05) is 16.3 Å². The van der Waals surface area contributed by atoms with Crippen molar-refractivity contribution in [2.75, 3.05) is 18.2 Å². The van der Waals surface area contributed by atoms with Crippen LogP contribution in [0.1, 0.15) is 11.1 Å². The maximum absolute atomic E-state index is 12.0. The summed E-state index contributed by atoms with van der Waals surface area (Å²) in [4.78, 5) is 12.0. The van der Waals surface area contributed by atoms with E-state index in [1.807, 2.05) is 19.1 Å². The van der Waals surface area contributed by atoms with Crippen molar-refractivity contribution in [3.05, 3.63) is 57.6 Å². The van der Waals surface area contributed by atoms with Crippen LogP contribution in [0.4, 0.5) is 5.69 Å². The van der Waals surface area contributed by atoms with Gasteiger partial charge >= 0.3 is 0 Å². The summed E-state index contributed by atoms with van der Waals surface area (Å²) in [5.74, 6) is 1.73. The fourth-order valence-corrected chi connectivity index (χ4v) is 3.20. The molecular weight excluding hydrogens is 353 g/mol. The smallest absolute Gasteiger partial charge is 0.234 e. The predicted octanol–water partition coefficient (Wildman–Crippen LogP) is 5.18. The Hall–Kier alpha value is -1.36. The molecule has 122 valence electrons. The molecule has 0 atom stereocenters. The Morgan fingerprint density at radius 2 is 2.00 bits per heavy atom. The van der Waals surface area contributed by atoms with E-state index in [2.05, 4.69) is 11.4 Å². The van der Waals surface area contributed by atoms with Gasteiger partial charge < -0.3 is 10.1 Å². The molecule has 6 heteroatoms. The molecule has 0 unspecified atom stereocenters. The molecule has 0 aromatic heterocycles. The van der Waals surface area contributed by atoms with E-state index in [1.165, 1.54) is 11.8 Å². The van der Waals surface area contributed by atoms with Gasteiger partial charge in [0.1, 0.15) is 5.75 Å². The highest BCUT2D eigenvalue weighted by Crippen LogP contribution is 2.27. The van der Waals surface area contributed by atoms with E-state index in [9.17, 15) is 4.79 Å². The number of amides is 1. The van der Waals surface area contributed by atoms with Gasteiger partial charge in [0.15, 0.2) is 0 Å². The van der Waals surface area contributed by atoms with Crippen molar-refractivity contribution in [1.29, 1.82) is 0 Å². The number of nitrogens with one attached hydrogen (secondary N) is 1. The van der Waals surface area contributed by atoms with Gasteiger partial charge in [-0.15, -0.1) is 11.8 Å². The third kappa shape index (κ3) is 5.34. The molecule has 0 bridgehead atoms. The molecule has 2 aromatic carbocycles. The Morgan fingerprint density at radius 3 is 2.74 bits per heavy atom. The molecule has 1 amide bonds. The van der Waals surface area contributed by atoms with Crippen LogP contribution in [0.15, 0.2) is 36.4 Å². The minimum Gasteiger partial charge on any atom is -0.496 e. The number of methoxy groups -OCH3 is 1. The summed E-state index contributed by atoms with van der Waals surface area (Å²) in [6.45, 7) is 2.03. The van der Waals surface area contributed by atoms with E-state index in [0.29, 0.717) is 27.2 Å². The number of hydrogen-bond acceptors (Lipinski definition) is 3. The summed E-state index contributed by atoms with van der Waals surface area (Å²) in [5.41, 5.74) is 2.76. The van der Waals surface area contributed by atoms with E-state index in [-0.39, 0.29) is 5.91 Å². The summed E-state index contributed by atoms with van der Waals surface area (Å²) in [6.07, 6.45) is 0. The monoisotopic (exact) mass is 369 g/mol. The number of aryl methyl sites for hydroxylation is 1. The maximum atomic E-state index is 12.0.